The number of rotatable bonds is 6. The monoisotopic (exact) mass is 477 g/mol. The van der Waals surface area contributed by atoms with Crippen LogP contribution < -0.4 is 15.8 Å². The van der Waals surface area contributed by atoms with E-state index in [1.54, 1.807) is 24.3 Å². The zero-order chi connectivity index (χ0) is 20.2. The summed E-state index contributed by atoms with van der Waals surface area (Å²) in [6.07, 6.45) is 1.52. The van der Waals surface area contributed by atoms with Crippen molar-refractivity contribution in [2.45, 2.75) is 6.61 Å². The summed E-state index contributed by atoms with van der Waals surface area (Å²) in [7, 11) is 0. The molecule has 0 bridgehead atoms. The van der Waals surface area contributed by atoms with Crippen LogP contribution in [-0.2, 0) is 6.61 Å². The molecule has 0 fully saturated rings. The van der Waals surface area contributed by atoms with Crippen LogP contribution in [0.5, 0.6) is 5.88 Å². The Balaban J connectivity index is 0.00000171. The summed E-state index contributed by atoms with van der Waals surface area (Å²) in [6, 6.07) is 18.3. The van der Waals surface area contributed by atoms with E-state index in [2.05, 4.69) is 20.5 Å². The van der Waals surface area contributed by atoms with Gasteiger partial charge >= 0.3 is 0 Å². The van der Waals surface area contributed by atoms with Crippen LogP contribution in [-0.4, -0.2) is 21.1 Å². The first-order chi connectivity index (χ1) is 14.1. The van der Waals surface area contributed by atoms with E-state index < -0.39 is 5.91 Å². The Morgan fingerprint density at radius 3 is 2.42 bits per heavy atom. The Bertz CT molecular complexity index is 1190. The number of amides is 1. The molecule has 2 heterocycles. The number of benzene rings is 2. The molecule has 2 aromatic carbocycles. The zero-order valence-electron chi connectivity index (χ0n) is 16.0. The second-order valence-electron chi connectivity index (χ2n) is 6.23. The van der Waals surface area contributed by atoms with Gasteiger partial charge in [-0.2, -0.15) is 0 Å². The minimum absolute atomic E-state index is 0. The molecule has 0 spiro atoms. The Morgan fingerprint density at radius 1 is 1.00 bits per heavy atom. The fourth-order valence-corrected chi connectivity index (χ4v) is 2.92. The molecule has 0 saturated carbocycles. The number of hydrogen-bond donors (Lipinski definition) is 2. The highest BCUT2D eigenvalue weighted by Gasteiger charge is 2.11. The molecule has 7 nitrogen and oxygen atoms in total. The molecule has 4 aromatic rings. The number of nitrogens with zero attached hydrogens (tertiary/aromatic N) is 3. The molecular formula is C21H18Cl3N5O2. The van der Waals surface area contributed by atoms with Crippen molar-refractivity contribution in [1.29, 1.82) is 0 Å². The fourth-order valence-electron chi connectivity index (χ4n) is 2.80. The van der Waals surface area contributed by atoms with Gasteiger partial charge in [0.15, 0.2) is 5.82 Å². The van der Waals surface area contributed by atoms with Gasteiger partial charge in [-0.25, -0.2) is 0 Å². The standard InChI is InChI=1S/C21H16ClN5O2.2ClH/c22-14-5-7-15(8-6-14)25-20-16-3-1-2-4-17(16)21(27-26-20)29-12-13-9-10-24-18(11-13)19(23)28;;/h1-11H,12H2,(H2,23,28)(H,25,26);2*1H. The summed E-state index contributed by atoms with van der Waals surface area (Å²) in [5, 5.41) is 14.1. The molecule has 3 N–H and O–H groups in total. The third kappa shape index (κ3) is 5.73. The molecule has 31 heavy (non-hydrogen) atoms. The second kappa shape index (κ2) is 10.8. The third-order valence-electron chi connectivity index (χ3n) is 4.21. The molecule has 2 aromatic heterocycles. The summed E-state index contributed by atoms with van der Waals surface area (Å²) in [5.41, 5.74) is 7.06. The maximum Gasteiger partial charge on any atom is 0.267 e. The highest BCUT2D eigenvalue weighted by molar-refractivity contribution is 6.30. The topological polar surface area (TPSA) is 103 Å². The first-order valence-corrected chi connectivity index (χ1v) is 9.13. The summed E-state index contributed by atoms with van der Waals surface area (Å²) < 4.78 is 5.86. The Kier molecular flexibility index (Phi) is 8.38. The van der Waals surface area contributed by atoms with Crippen LogP contribution in [0.3, 0.4) is 0 Å². The predicted octanol–water partition coefficient (Wildman–Crippen LogP) is 4.94. The van der Waals surface area contributed by atoms with E-state index >= 15 is 0 Å². The summed E-state index contributed by atoms with van der Waals surface area (Å²) >= 11 is 5.94. The number of pyridine rings is 1. The fraction of sp³-hybridized carbons (Fsp3) is 0.0476. The van der Waals surface area contributed by atoms with Gasteiger partial charge < -0.3 is 15.8 Å². The van der Waals surface area contributed by atoms with Gasteiger partial charge in [0.2, 0.25) is 5.88 Å². The van der Waals surface area contributed by atoms with Crippen LogP contribution in [0.2, 0.25) is 5.02 Å². The van der Waals surface area contributed by atoms with Crippen molar-refractivity contribution in [2.75, 3.05) is 5.32 Å². The normalized spacial score (nSPS) is 9.97. The first kappa shape index (κ1) is 24.1. The van der Waals surface area contributed by atoms with E-state index in [0.717, 1.165) is 22.0 Å². The van der Waals surface area contributed by atoms with Crippen molar-refractivity contribution < 1.29 is 9.53 Å². The lowest BCUT2D eigenvalue weighted by Crippen LogP contribution is -2.13. The Hall–Kier alpha value is -3.13. The van der Waals surface area contributed by atoms with Gasteiger partial charge in [0, 0.05) is 27.7 Å². The number of primary amides is 1. The molecule has 160 valence electrons. The second-order valence-corrected chi connectivity index (χ2v) is 6.67. The largest absolute Gasteiger partial charge is 0.471 e. The van der Waals surface area contributed by atoms with Crippen LogP contribution in [0.1, 0.15) is 16.1 Å². The molecule has 10 heteroatoms. The lowest BCUT2D eigenvalue weighted by Gasteiger charge is -2.12. The number of halogens is 3. The van der Waals surface area contributed by atoms with E-state index in [-0.39, 0.29) is 37.1 Å². The molecular weight excluding hydrogens is 461 g/mol. The van der Waals surface area contributed by atoms with E-state index in [1.165, 1.54) is 6.20 Å². The molecule has 0 aliphatic carbocycles. The predicted molar refractivity (Wildman–Crippen MR) is 126 cm³/mol. The number of aromatic nitrogens is 3. The Labute approximate surface area is 195 Å². The smallest absolute Gasteiger partial charge is 0.267 e. The van der Waals surface area contributed by atoms with Gasteiger partial charge in [0.05, 0.1) is 0 Å². The molecule has 1 amide bonds. The quantitative estimate of drug-likeness (QED) is 0.407. The number of nitrogens with two attached hydrogens (primary N) is 1. The molecule has 0 aliphatic heterocycles. The van der Waals surface area contributed by atoms with Crippen molar-refractivity contribution in [2.24, 2.45) is 5.73 Å². The minimum Gasteiger partial charge on any atom is -0.471 e. The minimum atomic E-state index is -0.588. The van der Waals surface area contributed by atoms with E-state index in [0.29, 0.717) is 16.7 Å². The maximum absolute atomic E-state index is 11.3. The number of carbonyl (C=O) groups excluding carboxylic acids is 1. The van der Waals surface area contributed by atoms with E-state index in [1.807, 2.05) is 36.4 Å². The van der Waals surface area contributed by atoms with Gasteiger partial charge in [-0.05, 0) is 48.0 Å². The number of anilines is 2. The van der Waals surface area contributed by atoms with E-state index in [9.17, 15) is 4.79 Å². The SMILES string of the molecule is Cl.Cl.NC(=O)c1cc(COc2nnc(Nc3ccc(Cl)cc3)c3ccccc23)ccn1. The first-order valence-electron chi connectivity index (χ1n) is 8.76. The molecule has 0 unspecified atom stereocenters. The summed E-state index contributed by atoms with van der Waals surface area (Å²) in [6.45, 7) is 0.200. The lowest BCUT2D eigenvalue weighted by molar-refractivity contribution is 0.0995. The van der Waals surface area contributed by atoms with Crippen molar-refractivity contribution in [1.82, 2.24) is 15.2 Å². The molecule has 0 saturated heterocycles. The van der Waals surface area contributed by atoms with Crippen LogP contribution in [0.15, 0.2) is 66.9 Å². The van der Waals surface area contributed by atoms with Crippen LogP contribution >= 0.6 is 36.4 Å². The lowest BCUT2D eigenvalue weighted by atomic mass is 10.2. The average molecular weight is 479 g/mol. The number of fused-ring (bicyclic) bond motifs is 1. The van der Waals surface area contributed by atoms with E-state index in [4.69, 9.17) is 22.1 Å². The van der Waals surface area contributed by atoms with Crippen molar-refractivity contribution in [3.8, 4) is 5.88 Å². The summed E-state index contributed by atoms with van der Waals surface area (Å²) in [4.78, 5) is 15.2. The van der Waals surface area contributed by atoms with Gasteiger partial charge in [0.25, 0.3) is 5.91 Å². The molecule has 0 radical (unpaired) electrons. The van der Waals surface area contributed by atoms with Crippen molar-refractivity contribution in [3.05, 3.63) is 83.1 Å². The van der Waals surface area contributed by atoms with Crippen LogP contribution in [0.25, 0.3) is 10.8 Å². The maximum atomic E-state index is 11.3. The van der Waals surface area contributed by atoms with Gasteiger partial charge in [-0.3, -0.25) is 9.78 Å². The number of hydrogen-bond acceptors (Lipinski definition) is 6. The van der Waals surface area contributed by atoms with Crippen molar-refractivity contribution in [3.63, 3.8) is 0 Å². The molecule has 0 aliphatic rings. The van der Waals surface area contributed by atoms with Gasteiger partial charge in [-0.15, -0.1) is 35.0 Å². The number of ether oxygens (including phenoxy) is 1. The van der Waals surface area contributed by atoms with Crippen molar-refractivity contribution >= 4 is 64.6 Å². The molecule has 4 rings (SSSR count). The highest BCUT2D eigenvalue weighted by atomic mass is 35.5. The van der Waals surface area contributed by atoms with Crippen LogP contribution in [0, 0.1) is 0 Å². The van der Waals surface area contributed by atoms with Gasteiger partial charge in [0.1, 0.15) is 12.3 Å². The Morgan fingerprint density at radius 2 is 1.71 bits per heavy atom. The van der Waals surface area contributed by atoms with Gasteiger partial charge in [-0.1, -0.05) is 29.8 Å². The molecule has 0 atom stereocenters. The average Bonchev–Trinajstić information content (AvgIpc) is 2.75. The number of carbonyl (C=O) groups is 1. The zero-order valence-corrected chi connectivity index (χ0v) is 18.4. The third-order valence-corrected chi connectivity index (χ3v) is 4.46. The highest BCUT2D eigenvalue weighted by Crippen LogP contribution is 2.30. The summed E-state index contributed by atoms with van der Waals surface area (Å²) in [5.74, 6) is 0.407. The van der Waals surface area contributed by atoms with Crippen LogP contribution in [0.4, 0.5) is 11.5 Å². The number of nitrogens with one attached hydrogen (secondary N) is 1.